The highest BCUT2D eigenvalue weighted by atomic mass is 15.0. The quantitative estimate of drug-likeness (QED) is 0.741. The van der Waals surface area contributed by atoms with Crippen molar-refractivity contribution in [3.8, 4) is 11.8 Å². The molecular formula is C12H11N3. The highest BCUT2D eigenvalue weighted by Crippen LogP contribution is 2.10. The van der Waals surface area contributed by atoms with Crippen molar-refractivity contribution in [3.05, 3.63) is 48.0 Å². The number of aryl methyl sites for hydroxylation is 1. The van der Waals surface area contributed by atoms with Crippen LogP contribution in [0.2, 0.25) is 0 Å². The predicted octanol–water partition coefficient (Wildman–Crippen LogP) is 2.31. The van der Waals surface area contributed by atoms with Crippen molar-refractivity contribution in [2.75, 3.05) is 0 Å². The molecule has 0 radical (unpaired) electrons. The van der Waals surface area contributed by atoms with Gasteiger partial charge in [0.15, 0.2) is 0 Å². The van der Waals surface area contributed by atoms with Crippen LogP contribution >= 0.6 is 0 Å². The van der Waals surface area contributed by atoms with Crippen LogP contribution in [0.25, 0.3) is 5.69 Å². The lowest BCUT2D eigenvalue weighted by molar-refractivity contribution is 1.05. The Labute approximate surface area is 88.6 Å². The third-order valence-electron chi connectivity index (χ3n) is 2.29. The Hall–Kier alpha value is -2.08. The number of hydrogen-bond donors (Lipinski definition) is 0. The van der Waals surface area contributed by atoms with Gasteiger partial charge in [-0.15, -0.1) is 0 Å². The molecule has 1 aromatic carbocycles. The Balaban J connectivity index is 2.33. The fourth-order valence-corrected chi connectivity index (χ4v) is 1.40. The fraction of sp³-hybridized carbons (Fsp3) is 0.167. The molecule has 3 nitrogen and oxygen atoms in total. The molecule has 2 aromatic rings. The van der Waals surface area contributed by atoms with E-state index in [1.807, 2.05) is 22.9 Å². The minimum absolute atomic E-state index is 0.676. The molecule has 2 rings (SSSR count). The Kier molecular flexibility index (Phi) is 2.51. The van der Waals surface area contributed by atoms with Crippen molar-refractivity contribution >= 4 is 0 Å². The van der Waals surface area contributed by atoms with Crippen LogP contribution < -0.4 is 0 Å². The van der Waals surface area contributed by atoms with Gasteiger partial charge in [-0.05, 0) is 30.7 Å². The highest BCUT2D eigenvalue weighted by Gasteiger charge is 1.98. The molecule has 3 heteroatoms. The van der Waals surface area contributed by atoms with E-state index in [9.17, 15) is 0 Å². The van der Waals surface area contributed by atoms with Gasteiger partial charge in [0.1, 0.15) is 0 Å². The Bertz CT molecular complexity index is 488. The Morgan fingerprint density at radius 3 is 2.60 bits per heavy atom. The van der Waals surface area contributed by atoms with E-state index in [0.29, 0.717) is 5.56 Å². The Morgan fingerprint density at radius 1 is 1.33 bits per heavy atom. The van der Waals surface area contributed by atoms with E-state index >= 15 is 0 Å². The maximum Gasteiger partial charge on any atom is 0.0995 e. The van der Waals surface area contributed by atoms with Crippen molar-refractivity contribution in [2.24, 2.45) is 0 Å². The smallest absolute Gasteiger partial charge is 0.0995 e. The van der Waals surface area contributed by atoms with E-state index < -0.39 is 0 Å². The van der Waals surface area contributed by atoms with Gasteiger partial charge >= 0.3 is 0 Å². The van der Waals surface area contributed by atoms with Crippen LogP contribution in [0.4, 0.5) is 0 Å². The zero-order valence-corrected chi connectivity index (χ0v) is 8.51. The van der Waals surface area contributed by atoms with Crippen LogP contribution in [0.3, 0.4) is 0 Å². The van der Waals surface area contributed by atoms with Crippen LogP contribution in [0.5, 0.6) is 0 Å². The Morgan fingerprint density at radius 2 is 2.07 bits per heavy atom. The van der Waals surface area contributed by atoms with Gasteiger partial charge in [0.25, 0.3) is 0 Å². The van der Waals surface area contributed by atoms with Crippen molar-refractivity contribution in [2.45, 2.75) is 13.3 Å². The summed E-state index contributed by atoms with van der Waals surface area (Å²) in [5, 5.41) is 8.67. The SMILES string of the molecule is CCc1cn(-c2ccc(C#N)cc2)cn1. The van der Waals surface area contributed by atoms with Gasteiger partial charge in [-0.25, -0.2) is 4.98 Å². The van der Waals surface area contributed by atoms with Gasteiger partial charge in [-0.3, -0.25) is 0 Å². The van der Waals surface area contributed by atoms with Gasteiger partial charge in [-0.2, -0.15) is 5.26 Å². The molecule has 0 aliphatic rings. The fourth-order valence-electron chi connectivity index (χ4n) is 1.40. The number of nitriles is 1. The van der Waals surface area contributed by atoms with Crippen LogP contribution in [0, 0.1) is 11.3 Å². The normalized spacial score (nSPS) is 9.87. The topological polar surface area (TPSA) is 41.6 Å². The lowest BCUT2D eigenvalue weighted by Gasteiger charge is -2.00. The van der Waals surface area contributed by atoms with Gasteiger partial charge < -0.3 is 4.57 Å². The molecule has 0 fully saturated rings. The minimum atomic E-state index is 0.676. The van der Waals surface area contributed by atoms with Crippen molar-refractivity contribution in [3.63, 3.8) is 0 Å². The third-order valence-corrected chi connectivity index (χ3v) is 2.29. The molecule has 0 atom stereocenters. The number of hydrogen-bond acceptors (Lipinski definition) is 2. The van der Waals surface area contributed by atoms with E-state index in [2.05, 4.69) is 18.0 Å². The van der Waals surface area contributed by atoms with Crippen LogP contribution in [0.15, 0.2) is 36.8 Å². The van der Waals surface area contributed by atoms with E-state index in [0.717, 1.165) is 17.8 Å². The number of aromatic nitrogens is 2. The van der Waals surface area contributed by atoms with Crippen molar-refractivity contribution < 1.29 is 0 Å². The van der Waals surface area contributed by atoms with Gasteiger partial charge in [0, 0.05) is 11.9 Å². The second-order valence-electron chi connectivity index (χ2n) is 3.28. The molecule has 0 spiro atoms. The number of rotatable bonds is 2. The zero-order valence-electron chi connectivity index (χ0n) is 8.51. The minimum Gasteiger partial charge on any atom is -0.306 e. The average Bonchev–Trinajstić information content (AvgIpc) is 2.78. The van der Waals surface area contributed by atoms with Crippen molar-refractivity contribution in [1.82, 2.24) is 9.55 Å². The summed E-state index contributed by atoms with van der Waals surface area (Å²) in [4.78, 5) is 4.25. The van der Waals surface area contributed by atoms with Crippen LogP contribution in [-0.2, 0) is 6.42 Å². The van der Waals surface area contributed by atoms with Gasteiger partial charge in [0.2, 0.25) is 0 Å². The number of benzene rings is 1. The summed E-state index contributed by atoms with van der Waals surface area (Å²) < 4.78 is 1.96. The summed E-state index contributed by atoms with van der Waals surface area (Å²) in [6.45, 7) is 2.07. The molecule has 0 saturated heterocycles. The molecule has 0 bridgehead atoms. The molecule has 0 aliphatic heterocycles. The summed E-state index contributed by atoms with van der Waals surface area (Å²) in [5.41, 5.74) is 2.77. The largest absolute Gasteiger partial charge is 0.306 e. The lowest BCUT2D eigenvalue weighted by atomic mass is 10.2. The second kappa shape index (κ2) is 3.97. The molecule has 15 heavy (non-hydrogen) atoms. The average molecular weight is 197 g/mol. The predicted molar refractivity (Wildman–Crippen MR) is 57.7 cm³/mol. The van der Waals surface area contributed by atoms with E-state index in [1.165, 1.54) is 0 Å². The summed E-state index contributed by atoms with van der Waals surface area (Å²) in [6.07, 6.45) is 4.73. The van der Waals surface area contributed by atoms with Crippen LogP contribution in [0.1, 0.15) is 18.2 Å². The molecule has 74 valence electrons. The molecule has 0 N–H and O–H groups in total. The molecule has 1 aromatic heterocycles. The van der Waals surface area contributed by atoms with Crippen LogP contribution in [-0.4, -0.2) is 9.55 Å². The monoisotopic (exact) mass is 197 g/mol. The van der Waals surface area contributed by atoms with Gasteiger partial charge in [0.05, 0.1) is 23.7 Å². The molecule has 1 heterocycles. The van der Waals surface area contributed by atoms with Gasteiger partial charge in [-0.1, -0.05) is 6.92 Å². The lowest BCUT2D eigenvalue weighted by Crippen LogP contribution is -1.89. The number of nitrogens with zero attached hydrogens (tertiary/aromatic N) is 3. The first-order valence-electron chi connectivity index (χ1n) is 4.87. The molecule has 0 saturated carbocycles. The maximum atomic E-state index is 8.67. The summed E-state index contributed by atoms with van der Waals surface area (Å²) in [6, 6.07) is 9.54. The maximum absolute atomic E-state index is 8.67. The second-order valence-corrected chi connectivity index (χ2v) is 3.28. The first kappa shape index (κ1) is 9.47. The standard InChI is InChI=1S/C12H11N3/c1-2-11-8-15(9-14-11)12-5-3-10(7-13)4-6-12/h3-6,8-9H,2H2,1H3. The summed E-state index contributed by atoms with van der Waals surface area (Å²) in [5.74, 6) is 0. The summed E-state index contributed by atoms with van der Waals surface area (Å²) in [7, 11) is 0. The van der Waals surface area contributed by atoms with E-state index in [1.54, 1.807) is 18.5 Å². The molecule has 0 amide bonds. The van der Waals surface area contributed by atoms with E-state index in [-0.39, 0.29) is 0 Å². The van der Waals surface area contributed by atoms with Crippen molar-refractivity contribution in [1.29, 1.82) is 5.26 Å². The van der Waals surface area contributed by atoms with E-state index in [4.69, 9.17) is 5.26 Å². The molecular weight excluding hydrogens is 186 g/mol. The number of imidazole rings is 1. The zero-order chi connectivity index (χ0) is 10.7. The highest BCUT2D eigenvalue weighted by molar-refractivity contribution is 5.39. The third kappa shape index (κ3) is 1.89. The first-order valence-corrected chi connectivity index (χ1v) is 4.87. The first-order chi connectivity index (χ1) is 7.33. The molecule has 0 aliphatic carbocycles. The molecule has 0 unspecified atom stereocenters. The summed E-state index contributed by atoms with van der Waals surface area (Å²) >= 11 is 0.